The van der Waals surface area contributed by atoms with Crippen LogP contribution in [0.1, 0.15) is 65.2 Å². The van der Waals surface area contributed by atoms with Crippen LogP contribution >= 0.6 is 0 Å². The predicted octanol–water partition coefficient (Wildman–Crippen LogP) is 3.20. The molecule has 0 spiro atoms. The summed E-state index contributed by atoms with van der Waals surface area (Å²) in [4.78, 5) is 24.2. The summed E-state index contributed by atoms with van der Waals surface area (Å²) >= 11 is 0. The Hall–Kier alpha value is -0.960. The molecule has 22 heavy (non-hydrogen) atoms. The van der Waals surface area contributed by atoms with E-state index < -0.39 is 5.60 Å². The lowest BCUT2D eigenvalue weighted by Crippen LogP contribution is -2.62. The van der Waals surface area contributed by atoms with Crippen LogP contribution < -0.4 is 0 Å². The Kier molecular flexibility index (Phi) is 2.87. The zero-order chi connectivity index (χ0) is 15.8. The number of carbonyl (C=O) groups excluding carboxylic acids is 2. The maximum absolute atomic E-state index is 12.4. The monoisotopic (exact) mass is 302 g/mol. The molecule has 0 heterocycles. The van der Waals surface area contributed by atoms with Gasteiger partial charge in [0, 0.05) is 30.1 Å². The third-order valence-corrected chi connectivity index (χ3v) is 7.84. The van der Waals surface area contributed by atoms with Crippen molar-refractivity contribution in [2.24, 2.45) is 22.7 Å². The quantitative estimate of drug-likeness (QED) is 0.699. The van der Waals surface area contributed by atoms with Crippen LogP contribution in [-0.2, 0) is 9.59 Å². The molecule has 0 aromatic heterocycles. The average molecular weight is 302 g/mol. The number of hydrogen-bond acceptors (Lipinski definition) is 3. The Morgan fingerprint density at radius 2 is 1.86 bits per heavy atom. The molecule has 3 saturated carbocycles. The summed E-state index contributed by atoms with van der Waals surface area (Å²) < 4.78 is 0. The second-order valence-electron chi connectivity index (χ2n) is 8.53. The molecule has 5 atom stereocenters. The maximum Gasteiger partial charge on any atom is 0.139 e. The maximum atomic E-state index is 12.4. The van der Waals surface area contributed by atoms with Crippen LogP contribution in [0.4, 0.5) is 0 Å². The molecule has 0 radical (unpaired) electrons. The number of carbonyl (C=O) groups is 2. The van der Waals surface area contributed by atoms with Gasteiger partial charge in [-0.2, -0.15) is 0 Å². The van der Waals surface area contributed by atoms with Crippen LogP contribution in [0.25, 0.3) is 0 Å². The van der Waals surface area contributed by atoms with Gasteiger partial charge in [-0.05, 0) is 43.9 Å². The second-order valence-corrected chi connectivity index (χ2v) is 8.53. The number of Topliss-reactive ketones (excluding diaryl/α,β-unsaturated/α-hetero) is 2. The molecule has 0 aromatic carbocycles. The minimum absolute atomic E-state index is 0.180. The highest BCUT2D eigenvalue weighted by atomic mass is 16.3. The van der Waals surface area contributed by atoms with Gasteiger partial charge in [-0.15, -0.1) is 0 Å². The van der Waals surface area contributed by atoms with E-state index in [0.29, 0.717) is 43.2 Å². The first-order valence-corrected chi connectivity index (χ1v) is 8.78. The van der Waals surface area contributed by atoms with Crippen molar-refractivity contribution in [2.75, 3.05) is 0 Å². The minimum atomic E-state index is -0.730. The number of allylic oxidation sites excluding steroid dienone is 1. The van der Waals surface area contributed by atoms with Crippen molar-refractivity contribution in [1.29, 1.82) is 0 Å². The molecule has 3 heteroatoms. The first-order valence-electron chi connectivity index (χ1n) is 8.78. The molecule has 3 fully saturated rings. The Morgan fingerprint density at radius 1 is 1.09 bits per heavy atom. The van der Waals surface area contributed by atoms with E-state index in [9.17, 15) is 14.7 Å². The number of rotatable bonds is 0. The van der Waals surface area contributed by atoms with E-state index in [-0.39, 0.29) is 16.7 Å². The molecule has 4 rings (SSSR count). The van der Waals surface area contributed by atoms with Crippen LogP contribution in [0, 0.1) is 22.7 Å². The van der Waals surface area contributed by atoms with E-state index in [4.69, 9.17) is 0 Å². The fourth-order valence-corrected chi connectivity index (χ4v) is 6.19. The molecule has 4 aliphatic carbocycles. The first kappa shape index (κ1) is 14.6. The van der Waals surface area contributed by atoms with Crippen LogP contribution in [0.5, 0.6) is 0 Å². The van der Waals surface area contributed by atoms with Crippen molar-refractivity contribution in [1.82, 2.24) is 0 Å². The molecule has 0 aromatic rings. The Morgan fingerprint density at radius 3 is 2.64 bits per heavy atom. The van der Waals surface area contributed by atoms with E-state index >= 15 is 0 Å². The van der Waals surface area contributed by atoms with Gasteiger partial charge in [-0.25, -0.2) is 0 Å². The molecule has 0 bridgehead atoms. The number of aliphatic hydroxyl groups is 1. The fourth-order valence-electron chi connectivity index (χ4n) is 6.19. The molecule has 0 aliphatic heterocycles. The summed E-state index contributed by atoms with van der Waals surface area (Å²) in [5.41, 5.74) is -0.0534. The summed E-state index contributed by atoms with van der Waals surface area (Å²) in [5.74, 6) is 1.20. The second kappa shape index (κ2) is 4.31. The topological polar surface area (TPSA) is 54.4 Å². The molecular weight excluding hydrogens is 276 g/mol. The summed E-state index contributed by atoms with van der Waals surface area (Å²) in [6, 6.07) is 0. The summed E-state index contributed by atoms with van der Waals surface area (Å²) in [7, 11) is 0. The summed E-state index contributed by atoms with van der Waals surface area (Å²) in [6.07, 6.45) is 8.06. The van der Waals surface area contributed by atoms with E-state index in [2.05, 4.69) is 19.9 Å². The number of fused-ring (bicyclic) bond motifs is 5. The molecule has 1 N–H and O–H groups in total. The van der Waals surface area contributed by atoms with E-state index in [1.54, 1.807) is 0 Å². The van der Waals surface area contributed by atoms with Gasteiger partial charge in [0.15, 0.2) is 0 Å². The third kappa shape index (κ3) is 1.56. The van der Waals surface area contributed by atoms with Gasteiger partial charge in [0.2, 0.25) is 0 Å². The Balaban J connectivity index is 1.78. The van der Waals surface area contributed by atoms with E-state index in [1.165, 1.54) is 0 Å². The largest absolute Gasteiger partial charge is 0.389 e. The van der Waals surface area contributed by atoms with Gasteiger partial charge < -0.3 is 5.11 Å². The minimum Gasteiger partial charge on any atom is -0.389 e. The Bertz CT molecular complexity index is 591. The zero-order valence-electron chi connectivity index (χ0n) is 13.7. The third-order valence-electron chi connectivity index (χ3n) is 7.84. The van der Waals surface area contributed by atoms with Gasteiger partial charge in [0.25, 0.3) is 0 Å². The van der Waals surface area contributed by atoms with Crippen molar-refractivity contribution in [3.8, 4) is 0 Å². The average Bonchev–Trinajstić information content (AvgIpc) is 2.77. The van der Waals surface area contributed by atoms with Crippen LogP contribution in [0.15, 0.2) is 11.6 Å². The molecule has 0 saturated heterocycles. The van der Waals surface area contributed by atoms with Crippen LogP contribution in [0.3, 0.4) is 0 Å². The lowest BCUT2D eigenvalue weighted by molar-refractivity contribution is -0.182. The van der Waals surface area contributed by atoms with Gasteiger partial charge in [-0.3, -0.25) is 9.59 Å². The van der Waals surface area contributed by atoms with Crippen molar-refractivity contribution >= 4 is 11.6 Å². The first-order chi connectivity index (χ1) is 10.3. The number of hydrogen-bond donors (Lipinski definition) is 1. The molecule has 0 unspecified atom stereocenters. The highest BCUT2D eigenvalue weighted by Crippen LogP contribution is 2.65. The lowest BCUT2D eigenvalue weighted by Gasteiger charge is -2.61. The highest BCUT2D eigenvalue weighted by Gasteiger charge is 2.65. The SMILES string of the molecule is C[C@]12CCC(=O)CC1=CC[C@H]1[C@@H]3CCC(=O)[C@@]3(C)CC[C@]12O. The van der Waals surface area contributed by atoms with Crippen molar-refractivity contribution in [2.45, 2.75) is 70.8 Å². The van der Waals surface area contributed by atoms with Crippen molar-refractivity contribution in [3.63, 3.8) is 0 Å². The van der Waals surface area contributed by atoms with Gasteiger partial charge in [0.1, 0.15) is 11.6 Å². The molecule has 3 nitrogen and oxygen atoms in total. The van der Waals surface area contributed by atoms with E-state index in [1.807, 2.05) is 0 Å². The lowest BCUT2D eigenvalue weighted by atomic mass is 9.45. The molecule has 0 amide bonds. The van der Waals surface area contributed by atoms with Crippen LogP contribution in [0.2, 0.25) is 0 Å². The highest BCUT2D eigenvalue weighted by molar-refractivity contribution is 5.87. The summed E-state index contributed by atoms with van der Waals surface area (Å²) in [5, 5.41) is 11.7. The smallest absolute Gasteiger partial charge is 0.139 e. The van der Waals surface area contributed by atoms with E-state index in [0.717, 1.165) is 31.3 Å². The van der Waals surface area contributed by atoms with Gasteiger partial charge >= 0.3 is 0 Å². The van der Waals surface area contributed by atoms with Crippen molar-refractivity contribution in [3.05, 3.63) is 11.6 Å². The fraction of sp³-hybridized carbons (Fsp3) is 0.789. The van der Waals surface area contributed by atoms with Crippen molar-refractivity contribution < 1.29 is 14.7 Å². The zero-order valence-corrected chi connectivity index (χ0v) is 13.7. The number of ketones is 2. The summed E-state index contributed by atoms with van der Waals surface area (Å²) in [6.45, 7) is 4.29. The normalized spacial score (nSPS) is 51.0. The van der Waals surface area contributed by atoms with Gasteiger partial charge in [-0.1, -0.05) is 25.5 Å². The Labute approximate surface area is 132 Å². The van der Waals surface area contributed by atoms with Gasteiger partial charge in [0.05, 0.1) is 5.60 Å². The van der Waals surface area contributed by atoms with Crippen LogP contribution in [-0.4, -0.2) is 22.3 Å². The predicted molar refractivity (Wildman–Crippen MR) is 83.2 cm³/mol. The molecular formula is C19H26O3. The molecule has 120 valence electrons. The molecule has 4 aliphatic rings. The standard InChI is InChI=1S/C19H26O3/c1-17-9-10-19(22)15(14(17)5-6-16(17)21)4-3-12-11-13(20)7-8-18(12,19)2/h3,14-15,22H,4-11H2,1-2H3/t14-,15-,17-,18-,19-/m0/s1.